The Morgan fingerprint density at radius 1 is 0.796 bits per heavy atom. The van der Waals surface area contributed by atoms with Crippen molar-refractivity contribution in [2.75, 3.05) is 82.0 Å². The number of thioether (sulfide) groups is 4. The van der Waals surface area contributed by atoms with Crippen molar-refractivity contribution in [1.29, 1.82) is 0 Å². The quantitative estimate of drug-likeness (QED) is 0.0472. The number of carbonyl (C=O) groups excluding carboxylic acids is 7. The third-order valence-electron chi connectivity index (χ3n) is 7.32. The minimum Gasteiger partial charge on any atom is -0.462 e. The van der Waals surface area contributed by atoms with Crippen molar-refractivity contribution in [3.63, 3.8) is 0 Å². The monoisotopic (exact) mass is 764 g/mol. The molecule has 0 aromatic rings. The normalized spacial score (nSPS) is 15.7. The molecule has 0 aromatic heterocycles. The molecule has 1 heterocycles. The lowest BCUT2D eigenvalue weighted by Gasteiger charge is -2.39. The van der Waals surface area contributed by atoms with Crippen LogP contribution in [0.2, 0.25) is 0 Å². The van der Waals surface area contributed by atoms with Gasteiger partial charge in [0.1, 0.15) is 31.8 Å². The molecule has 1 aliphatic heterocycles. The molecule has 0 bridgehead atoms. The summed E-state index contributed by atoms with van der Waals surface area (Å²) in [6, 6.07) is -0.157. The minimum absolute atomic E-state index is 0.00472. The highest BCUT2D eigenvalue weighted by Crippen LogP contribution is 2.29. The van der Waals surface area contributed by atoms with Gasteiger partial charge in [-0.2, -0.15) is 23.5 Å². The summed E-state index contributed by atoms with van der Waals surface area (Å²) in [5, 5.41) is -0.198. The van der Waals surface area contributed by atoms with Crippen LogP contribution in [-0.2, 0) is 38.2 Å². The Morgan fingerprint density at radius 2 is 1.37 bits per heavy atom. The van der Waals surface area contributed by atoms with Crippen LogP contribution in [0.1, 0.15) is 51.4 Å². The number of ether oxygens (including phenoxy) is 2. The summed E-state index contributed by atoms with van der Waals surface area (Å²) in [5.41, 5.74) is 0. The predicted molar refractivity (Wildman–Crippen MR) is 199 cm³/mol. The zero-order valence-electron chi connectivity index (χ0n) is 28.9. The maximum absolute atomic E-state index is 14.0. The van der Waals surface area contributed by atoms with Crippen molar-refractivity contribution in [1.82, 2.24) is 19.6 Å². The Bertz CT molecular complexity index is 1070. The highest BCUT2D eigenvalue weighted by atomic mass is 32.2. The van der Waals surface area contributed by atoms with Gasteiger partial charge in [0.05, 0.1) is 6.42 Å². The van der Waals surface area contributed by atoms with Gasteiger partial charge in [-0.05, 0) is 56.7 Å². The average molecular weight is 765 g/mol. The van der Waals surface area contributed by atoms with E-state index >= 15 is 0 Å². The molecule has 0 saturated carbocycles. The Kier molecular flexibility index (Phi) is 25.2. The summed E-state index contributed by atoms with van der Waals surface area (Å²) in [5.74, 6) is 1.59. The molecule has 0 aromatic carbocycles. The number of aldehydes is 1. The van der Waals surface area contributed by atoms with Gasteiger partial charge in [-0.1, -0.05) is 30.1 Å². The van der Waals surface area contributed by atoms with E-state index in [0.29, 0.717) is 50.5 Å². The van der Waals surface area contributed by atoms with Crippen LogP contribution in [0.3, 0.4) is 0 Å². The third kappa shape index (κ3) is 18.0. The average Bonchev–Trinajstić information content (AvgIpc) is 3.37. The van der Waals surface area contributed by atoms with Gasteiger partial charge in [0, 0.05) is 63.0 Å². The van der Waals surface area contributed by atoms with Crippen LogP contribution >= 0.6 is 47.0 Å². The number of hydrogen-bond donors (Lipinski definition) is 0. The highest BCUT2D eigenvalue weighted by Gasteiger charge is 2.49. The van der Waals surface area contributed by atoms with Gasteiger partial charge < -0.3 is 29.0 Å². The van der Waals surface area contributed by atoms with E-state index in [-0.39, 0.29) is 55.2 Å². The first-order valence-corrected chi connectivity index (χ1v) is 21.1. The topological polar surface area (TPSA) is 151 Å². The van der Waals surface area contributed by atoms with Crippen molar-refractivity contribution in [3.05, 3.63) is 12.7 Å². The lowest BCUT2D eigenvalue weighted by atomic mass is 10.2. The van der Waals surface area contributed by atoms with Crippen molar-refractivity contribution < 1.29 is 43.0 Å². The van der Waals surface area contributed by atoms with Crippen molar-refractivity contribution >= 4 is 87.9 Å². The third-order valence-corrected chi connectivity index (χ3v) is 10.7. The molecule has 2 unspecified atom stereocenters. The summed E-state index contributed by atoms with van der Waals surface area (Å²) < 4.78 is 9.72. The summed E-state index contributed by atoms with van der Waals surface area (Å²) in [6.07, 6.45) is 8.76. The molecule has 278 valence electrons. The molecule has 1 fully saturated rings. The predicted octanol–water partition coefficient (Wildman–Crippen LogP) is 3.60. The summed E-state index contributed by atoms with van der Waals surface area (Å²) >= 11 is 5.69. The van der Waals surface area contributed by atoms with E-state index in [4.69, 9.17) is 9.47 Å². The van der Waals surface area contributed by atoms with Gasteiger partial charge in [-0.25, -0.2) is 9.59 Å². The van der Waals surface area contributed by atoms with E-state index in [0.717, 1.165) is 54.9 Å². The fraction of sp³-hybridized carbons (Fsp3) is 0.719. The molecule has 0 N–H and O–H groups in total. The number of amides is 3. The second-order valence-electron chi connectivity index (χ2n) is 11.0. The van der Waals surface area contributed by atoms with E-state index in [1.54, 1.807) is 38.2 Å². The van der Waals surface area contributed by atoms with Crippen molar-refractivity contribution in [2.24, 2.45) is 0 Å². The van der Waals surface area contributed by atoms with Crippen LogP contribution in [0.5, 0.6) is 0 Å². The molecule has 49 heavy (non-hydrogen) atoms. The fourth-order valence-corrected chi connectivity index (χ4v) is 7.36. The zero-order chi connectivity index (χ0) is 36.4. The number of carbonyl (C=O) groups is 7. The minimum atomic E-state index is -0.613. The molecule has 3 amide bonds. The van der Waals surface area contributed by atoms with Crippen LogP contribution in [0.4, 0.5) is 4.79 Å². The molecular formula is C32H52N4O9S4. The number of rotatable bonds is 29. The number of hydrogen-bond acceptors (Lipinski definition) is 14. The maximum atomic E-state index is 14.0. The highest BCUT2D eigenvalue weighted by molar-refractivity contribution is 8.13. The molecule has 13 nitrogen and oxygen atoms in total. The Morgan fingerprint density at radius 3 is 2.00 bits per heavy atom. The largest absolute Gasteiger partial charge is 0.462 e. The van der Waals surface area contributed by atoms with Gasteiger partial charge in [0.15, 0.2) is 10.2 Å². The number of nitrogens with zero attached hydrogens (tertiary/aromatic N) is 4. The van der Waals surface area contributed by atoms with Crippen LogP contribution in [0, 0.1) is 0 Å². The lowest BCUT2D eigenvalue weighted by molar-refractivity contribution is -0.150. The van der Waals surface area contributed by atoms with Gasteiger partial charge in [-0.15, -0.1) is 0 Å². The van der Waals surface area contributed by atoms with Crippen LogP contribution in [0.25, 0.3) is 0 Å². The zero-order valence-corrected chi connectivity index (χ0v) is 32.2. The number of urea groups is 1. The van der Waals surface area contributed by atoms with Crippen LogP contribution < -0.4 is 0 Å². The van der Waals surface area contributed by atoms with Gasteiger partial charge in [-0.3, -0.25) is 24.1 Å². The van der Waals surface area contributed by atoms with Gasteiger partial charge in [0.2, 0.25) is 6.41 Å². The Labute approximate surface area is 307 Å². The van der Waals surface area contributed by atoms with Crippen LogP contribution in [-0.4, -0.2) is 155 Å². The maximum Gasteiger partial charge on any atom is 0.330 e. The smallest absolute Gasteiger partial charge is 0.330 e. The summed E-state index contributed by atoms with van der Waals surface area (Å²) in [7, 11) is 1.92. The van der Waals surface area contributed by atoms with Crippen molar-refractivity contribution in [2.45, 2.75) is 63.7 Å². The van der Waals surface area contributed by atoms with Crippen molar-refractivity contribution in [3.8, 4) is 0 Å². The van der Waals surface area contributed by atoms with E-state index in [2.05, 4.69) is 11.5 Å². The molecule has 1 rings (SSSR count). The SMILES string of the molecule is C=CC(=O)OCCOC(=O)CCC(=O)SCCCN1C(=O)N(CCCSC)C(N(C=O)CCCSC)C1N(C)CCCSC(=O)CCC=O. The van der Waals surface area contributed by atoms with E-state index < -0.39 is 24.3 Å². The molecule has 0 aliphatic carbocycles. The Balaban J connectivity index is 2.92. The van der Waals surface area contributed by atoms with Gasteiger partial charge >= 0.3 is 18.0 Å². The first-order chi connectivity index (χ1) is 23.6. The van der Waals surface area contributed by atoms with Crippen LogP contribution in [0.15, 0.2) is 12.7 Å². The number of likely N-dealkylation sites (N-methyl/N-ethyl adjacent to an activating group) is 1. The van der Waals surface area contributed by atoms with E-state index in [1.165, 1.54) is 11.8 Å². The van der Waals surface area contributed by atoms with E-state index in [1.807, 2.05) is 19.6 Å². The fourth-order valence-electron chi connectivity index (χ4n) is 5.01. The first kappa shape index (κ1) is 44.8. The summed E-state index contributed by atoms with van der Waals surface area (Å²) in [4.78, 5) is 92.0. The molecule has 1 saturated heterocycles. The number of esters is 2. The second-order valence-corrected chi connectivity index (χ2v) is 15.2. The molecular weight excluding hydrogens is 713 g/mol. The van der Waals surface area contributed by atoms with Gasteiger partial charge in [0.25, 0.3) is 0 Å². The molecule has 0 radical (unpaired) electrons. The standard InChI is InChI=1S/C32H52N4O9S4/c1-5-26(39)44-19-20-45-27(40)12-13-29(42)49-24-10-17-35-30(33(2)14-7-23-48-28(41)11-6-18-37)31(34(25-38)15-8-21-46-3)36(32(35)43)16-9-22-47-4/h5,18,25,30-31H,1,6-17,19-24H2,2-4H3. The first-order valence-electron chi connectivity index (χ1n) is 16.3. The lowest BCUT2D eigenvalue weighted by Crippen LogP contribution is -2.57. The molecule has 2 atom stereocenters. The second kappa shape index (κ2) is 27.5. The molecule has 0 spiro atoms. The molecule has 1 aliphatic rings. The Hall–Kier alpha value is -2.21. The summed E-state index contributed by atoms with van der Waals surface area (Å²) in [6.45, 7) is 5.03. The van der Waals surface area contributed by atoms with E-state index in [9.17, 15) is 33.6 Å². The molecule has 17 heteroatoms.